The minimum atomic E-state index is -3.15. The van der Waals surface area contributed by atoms with Crippen molar-refractivity contribution in [1.29, 1.82) is 0 Å². The number of pyridine rings is 1. The van der Waals surface area contributed by atoms with Crippen molar-refractivity contribution in [1.82, 2.24) is 9.38 Å². The molecule has 0 fully saturated rings. The average Bonchev–Trinajstić information content (AvgIpc) is 2.65. The Kier molecular flexibility index (Phi) is 5.53. The second-order valence-corrected chi connectivity index (χ2v) is 5.74. The molecule has 0 aliphatic heterocycles. The number of methoxy groups -OCH3 is 1. The molecule has 0 saturated carbocycles. The Labute approximate surface area is 158 Å². The topological polar surface area (TPSA) is 79.1 Å². The highest BCUT2D eigenvalue weighted by atomic mass is 19.3. The van der Waals surface area contributed by atoms with Gasteiger partial charge >= 0.3 is 12.6 Å². The normalized spacial score (nSPS) is 10.9. The van der Waals surface area contributed by atoms with E-state index >= 15 is 0 Å². The number of alkyl halides is 2. The Hall–Kier alpha value is -3.49. The van der Waals surface area contributed by atoms with Gasteiger partial charge in [-0.3, -0.25) is 9.20 Å². The van der Waals surface area contributed by atoms with Crippen LogP contribution >= 0.6 is 0 Å². The minimum Gasteiger partial charge on any atom is -0.493 e. The van der Waals surface area contributed by atoms with Crippen molar-refractivity contribution in [2.45, 2.75) is 20.1 Å². The highest BCUT2D eigenvalue weighted by molar-refractivity contribution is 5.93. The van der Waals surface area contributed by atoms with Crippen molar-refractivity contribution < 1.29 is 27.8 Å². The molecule has 0 radical (unpaired) electrons. The molecule has 2 aromatic heterocycles. The summed E-state index contributed by atoms with van der Waals surface area (Å²) in [7, 11) is 1.26. The molecule has 28 heavy (non-hydrogen) atoms. The van der Waals surface area contributed by atoms with E-state index in [1.807, 2.05) is 0 Å². The minimum absolute atomic E-state index is 0.0349. The SMILES string of the molecule is COc1cccc(C(=O)OCc2cc(=O)n3c(C)cccc3n2)c1OC(F)F. The Bertz CT molecular complexity index is 1080. The zero-order chi connectivity index (χ0) is 20.3. The molecule has 0 amide bonds. The van der Waals surface area contributed by atoms with E-state index in [1.165, 1.54) is 35.8 Å². The largest absolute Gasteiger partial charge is 0.493 e. The van der Waals surface area contributed by atoms with Crippen LogP contribution in [0, 0.1) is 6.92 Å². The van der Waals surface area contributed by atoms with Gasteiger partial charge in [0.05, 0.1) is 12.8 Å². The van der Waals surface area contributed by atoms with E-state index in [0.29, 0.717) is 11.3 Å². The molecule has 2 heterocycles. The second-order valence-electron chi connectivity index (χ2n) is 5.74. The smallest absolute Gasteiger partial charge is 0.387 e. The van der Waals surface area contributed by atoms with Crippen LogP contribution in [0.3, 0.4) is 0 Å². The standard InChI is InChI=1S/C19H16F2N2O5/c1-11-5-3-8-15-22-12(9-16(24)23(11)15)10-27-18(25)13-6-4-7-14(26-2)17(13)28-19(20)21/h3-9,19H,10H2,1-2H3. The Balaban J connectivity index is 1.85. The van der Waals surface area contributed by atoms with Crippen molar-refractivity contribution >= 4 is 11.6 Å². The predicted octanol–water partition coefficient (Wildman–Crippen LogP) is 2.97. The molecule has 9 heteroatoms. The monoisotopic (exact) mass is 390 g/mol. The van der Waals surface area contributed by atoms with Crippen molar-refractivity contribution in [3.05, 3.63) is 69.8 Å². The van der Waals surface area contributed by atoms with E-state index in [9.17, 15) is 18.4 Å². The van der Waals surface area contributed by atoms with E-state index in [0.717, 1.165) is 0 Å². The van der Waals surface area contributed by atoms with Crippen LogP contribution in [0.15, 0.2) is 47.3 Å². The fourth-order valence-corrected chi connectivity index (χ4v) is 2.70. The van der Waals surface area contributed by atoms with Gasteiger partial charge in [0.25, 0.3) is 5.56 Å². The summed E-state index contributed by atoms with van der Waals surface area (Å²) in [6, 6.07) is 10.5. The molecule has 3 rings (SSSR count). The van der Waals surface area contributed by atoms with Gasteiger partial charge < -0.3 is 14.2 Å². The number of ether oxygens (including phenoxy) is 3. The van der Waals surface area contributed by atoms with E-state index < -0.39 is 18.3 Å². The average molecular weight is 390 g/mol. The third-order valence-electron chi connectivity index (χ3n) is 3.91. The van der Waals surface area contributed by atoms with Crippen molar-refractivity contribution in [3.8, 4) is 11.5 Å². The highest BCUT2D eigenvalue weighted by Crippen LogP contribution is 2.33. The van der Waals surface area contributed by atoms with E-state index in [2.05, 4.69) is 9.72 Å². The van der Waals surface area contributed by atoms with Crippen LogP contribution in [0.2, 0.25) is 0 Å². The van der Waals surface area contributed by atoms with Crippen LogP contribution in [0.25, 0.3) is 5.65 Å². The first-order valence-electron chi connectivity index (χ1n) is 8.18. The summed E-state index contributed by atoms with van der Waals surface area (Å²) >= 11 is 0. The molecular formula is C19H16F2N2O5. The lowest BCUT2D eigenvalue weighted by Crippen LogP contribution is -2.18. The van der Waals surface area contributed by atoms with Crippen molar-refractivity contribution in [2.24, 2.45) is 0 Å². The summed E-state index contributed by atoms with van der Waals surface area (Å²) in [5.74, 6) is -1.37. The number of aryl methyl sites for hydroxylation is 1. The number of halogens is 2. The molecule has 0 atom stereocenters. The lowest BCUT2D eigenvalue weighted by Gasteiger charge is -2.14. The van der Waals surface area contributed by atoms with Gasteiger partial charge in [-0.1, -0.05) is 12.1 Å². The lowest BCUT2D eigenvalue weighted by molar-refractivity contribution is -0.0518. The summed E-state index contributed by atoms with van der Waals surface area (Å²) in [6.45, 7) is -1.69. The molecule has 0 saturated heterocycles. The number of fused-ring (bicyclic) bond motifs is 1. The first kappa shape index (κ1) is 19.3. The fourth-order valence-electron chi connectivity index (χ4n) is 2.70. The molecule has 0 aliphatic rings. The molecule has 0 unspecified atom stereocenters. The van der Waals surface area contributed by atoms with Gasteiger partial charge in [0.15, 0.2) is 11.5 Å². The molecule has 7 nitrogen and oxygen atoms in total. The third-order valence-corrected chi connectivity index (χ3v) is 3.91. The molecule has 0 aliphatic carbocycles. The molecule has 0 spiro atoms. The fraction of sp³-hybridized carbons (Fsp3) is 0.211. The van der Waals surface area contributed by atoms with Crippen LogP contribution in [-0.2, 0) is 11.3 Å². The van der Waals surface area contributed by atoms with Crippen LogP contribution in [0.4, 0.5) is 8.78 Å². The van der Waals surface area contributed by atoms with Gasteiger partial charge in [0, 0.05) is 11.8 Å². The summed E-state index contributed by atoms with van der Waals surface area (Å²) in [4.78, 5) is 28.9. The predicted molar refractivity (Wildman–Crippen MR) is 94.9 cm³/mol. The van der Waals surface area contributed by atoms with E-state index in [-0.39, 0.29) is 29.2 Å². The summed E-state index contributed by atoms with van der Waals surface area (Å²) in [6.07, 6.45) is 0. The van der Waals surface area contributed by atoms with Gasteiger partial charge in [-0.15, -0.1) is 0 Å². The number of carbonyl (C=O) groups excluding carboxylic acids is 1. The maximum atomic E-state index is 12.7. The first-order valence-corrected chi connectivity index (χ1v) is 8.18. The molecule has 146 valence electrons. The van der Waals surface area contributed by atoms with Gasteiger partial charge in [-0.05, 0) is 31.2 Å². The van der Waals surface area contributed by atoms with Crippen LogP contribution in [0.1, 0.15) is 21.7 Å². The number of hydrogen-bond acceptors (Lipinski definition) is 6. The lowest BCUT2D eigenvalue weighted by atomic mass is 10.2. The number of hydrogen-bond donors (Lipinski definition) is 0. The summed E-state index contributed by atoms with van der Waals surface area (Å²) in [5, 5.41) is 0. The second kappa shape index (κ2) is 8.03. The van der Waals surface area contributed by atoms with Gasteiger partial charge in [0.2, 0.25) is 0 Å². The maximum Gasteiger partial charge on any atom is 0.387 e. The first-order chi connectivity index (χ1) is 13.4. The van der Waals surface area contributed by atoms with Crippen molar-refractivity contribution in [3.63, 3.8) is 0 Å². The van der Waals surface area contributed by atoms with E-state index in [1.54, 1.807) is 25.1 Å². The van der Waals surface area contributed by atoms with Gasteiger partial charge in [-0.25, -0.2) is 9.78 Å². The quantitative estimate of drug-likeness (QED) is 0.602. The number of rotatable bonds is 6. The highest BCUT2D eigenvalue weighted by Gasteiger charge is 2.21. The van der Waals surface area contributed by atoms with Gasteiger partial charge in [0.1, 0.15) is 17.8 Å². The number of carbonyl (C=O) groups is 1. The number of aromatic nitrogens is 2. The number of nitrogens with zero attached hydrogens (tertiary/aromatic N) is 2. The Morgan fingerprint density at radius 3 is 2.68 bits per heavy atom. The molecule has 0 bridgehead atoms. The zero-order valence-electron chi connectivity index (χ0n) is 15.0. The molecule has 0 N–H and O–H groups in total. The number of para-hydroxylation sites is 1. The van der Waals surface area contributed by atoms with Crippen LogP contribution < -0.4 is 15.0 Å². The third kappa shape index (κ3) is 3.93. The summed E-state index contributed by atoms with van der Waals surface area (Å²) in [5.41, 5.74) is 0.791. The van der Waals surface area contributed by atoms with Crippen LogP contribution in [0.5, 0.6) is 11.5 Å². The molecular weight excluding hydrogens is 374 g/mol. The Morgan fingerprint density at radius 2 is 1.96 bits per heavy atom. The Morgan fingerprint density at radius 1 is 1.21 bits per heavy atom. The molecule has 1 aromatic carbocycles. The molecule has 3 aromatic rings. The van der Waals surface area contributed by atoms with Crippen LogP contribution in [-0.4, -0.2) is 29.1 Å². The van der Waals surface area contributed by atoms with Gasteiger partial charge in [-0.2, -0.15) is 8.78 Å². The number of esters is 1. The van der Waals surface area contributed by atoms with Crippen molar-refractivity contribution in [2.75, 3.05) is 7.11 Å². The number of benzene rings is 1. The summed E-state index contributed by atoms with van der Waals surface area (Å²) < 4.78 is 41.3. The van der Waals surface area contributed by atoms with E-state index in [4.69, 9.17) is 9.47 Å². The maximum absolute atomic E-state index is 12.7. The zero-order valence-corrected chi connectivity index (χ0v) is 15.0.